The molecule has 0 unspecified atom stereocenters. The highest BCUT2D eigenvalue weighted by Crippen LogP contribution is 2.36. The van der Waals surface area contributed by atoms with Gasteiger partial charge in [-0.25, -0.2) is 9.59 Å². The van der Waals surface area contributed by atoms with Crippen LogP contribution in [0.2, 0.25) is 0 Å². The van der Waals surface area contributed by atoms with Crippen LogP contribution in [0.5, 0.6) is 11.5 Å². The average molecular weight is 427 g/mol. The van der Waals surface area contributed by atoms with Gasteiger partial charge in [0.15, 0.2) is 11.5 Å². The third-order valence-electron chi connectivity index (χ3n) is 4.66. The standard InChI is InChI=1S/C20H25NO2.C4H4O4/c1-2-22-18-12-6-7-13-19(18)23-20(16-9-4-3-5-10-16)17-11-8-14-21-15-17;5-3(6)1-2-4(7)8/h3-7,9-10,12-13,17,20-21H,2,8,11,14-15H2,1H3;1-2H,(H,5,6)(H,7,8)/b;2-1+/t17-,20-;/m0./s1. The van der Waals surface area contributed by atoms with Crippen molar-refractivity contribution in [3.63, 3.8) is 0 Å². The van der Waals surface area contributed by atoms with E-state index in [9.17, 15) is 9.59 Å². The summed E-state index contributed by atoms with van der Waals surface area (Å²) >= 11 is 0. The summed E-state index contributed by atoms with van der Waals surface area (Å²) < 4.78 is 12.2. The van der Waals surface area contributed by atoms with Crippen LogP contribution in [-0.4, -0.2) is 41.8 Å². The summed E-state index contributed by atoms with van der Waals surface area (Å²) in [4.78, 5) is 19.1. The largest absolute Gasteiger partial charge is 0.490 e. The molecule has 0 bridgehead atoms. The Morgan fingerprint density at radius 2 is 1.65 bits per heavy atom. The molecule has 0 saturated carbocycles. The van der Waals surface area contributed by atoms with Gasteiger partial charge in [-0.15, -0.1) is 0 Å². The molecule has 3 N–H and O–H groups in total. The van der Waals surface area contributed by atoms with E-state index in [0.717, 1.165) is 24.6 Å². The highest BCUT2D eigenvalue weighted by Gasteiger charge is 2.27. The Morgan fingerprint density at radius 1 is 1.03 bits per heavy atom. The molecular weight excluding hydrogens is 398 g/mol. The number of benzene rings is 2. The zero-order chi connectivity index (χ0) is 22.5. The Labute approximate surface area is 182 Å². The molecule has 2 atom stereocenters. The molecule has 7 heteroatoms. The van der Waals surface area contributed by atoms with Gasteiger partial charge in [0.2, 0.25) is 0 Å². The Morgan fingerprint density at radius 3 is 2.19 bits per heavy atom. The van der Waals surface area contributed by atoms with Gasteiger partial charge in [-0.3, -0.25) is 0 Å². The van der Waals surface area contributed by atoms with Crippen molar-refractivity contribution in [3.05, 3.63) is 72.3 Å². The molecule has 3 rings (SSSR count). The first kappa shape index (κ1) is 24.0. The maximum absolute atomic E-state index is 9.55. The molecule has 7 nitrogen and oxygen atoms in total. The number of rotatable bonds is 8. The molecule has 1 aliphatic rings. The van der Waals surface area contributed by atoms with Crippen molar-refractivity contribution < 1.29 is 29.3 Å². The van der Waals surface area contributed by atoms with E-state index < -0.39 is 11.9 Å². The second-order valence-electron chi connectivity index (χ2n) is 6.95. The third kappa shape index (κ3) is 8.52. The van der Waals surface area contributed by atoms with Gasteiger partial charge in [0.05, 0.1) is 6.61 Å². The SMILES string of the molecule is CCOc1ccccc1O[C@@H](c1ccccc1)[C@H]1CCCNC1.O=C(O)/C=C/C(=O)O. The van der Waals surface area contributed by atoms with Gasteiger partial charge in [-0.05, 0) is 44.0 Å². The number of carbonyl (C=O) groups is 2. The fraction of sp³-hybridized carbons (Fsp3) is 0.333. The van der Waals surface area contributed by atoms with Crippen molar-refractivity contribution in [2.24, 2.45) is 5.92 Å². The van der Waals surface area contributed by atoms with Crippen LogP contribution in [0.4, 0.5) is 0 Å². The second-order valence-corrected chi connectivity index (χ2v) is 6.95. The summed E-state index contributed by atoms with van der Waals surface area (Å²) in [6.07, 6.45) is 3.55. The highest BCUT2D eigenvalue weighted by molar-refractivity contribution is 5.89. The highest BCUT2D eigenvalue weighted by atomic mass is 16.5. The van der Waals surface area contributed by atoms with Gasteiger partial charge >= 0.3 is 11.9 Å². The van der Waals surface area contributed by atoms with Crippen LogP contribution in [0.3, 0.4) is 0 Å². The molecule has 2 aromatic carbocycles. The van der Waals surface area contributed by atoms with E-state index in [1.165, 1.54) is 18.4 Å². The number of para-hydroxylation sites is 2. The minimum atomic E-state index is -1.26. The quantitative estimate of drug-likeness (QED) is 0.549. The molecule has 1 saturated heterocycles. The van der Waals surface area contributed by atoms with Crippen molar-refractivity contribution >= 4 is 11.9 Å². The van der Waals surface area contributed by atoms with Gasteiger partial charge in [0.1, 0.15) is 6.10 Å². The Balaban J connectivity index is 0.000000366. The maximum Gasteiger partial charge on any atom is 0.328 e. The van der Waals surface area contributed by atoms with Crippen LogP contribution in [0.15, 0.2) is 66.7 Å². The van der Waals surface area contributed by atoms with Gasteiger partial charge in [0, 0.05) is 24.6 Å². The van der Waals surface area contributed by atoms with E-state index in [-0.39, 0.29) is 6.10 Å². The summed E-state index contributed by atoms with van der Waals surface area (Å²) in [6, 6.07) is 18.5. The molecule has 2 aromatic rings. The molecule has 1 heterocycles. The minimum Gasteiger partial charge on any atom is -0.490 e. The second kappa shape index (κ2) is 13.1. The lowest BCUT2D eigenvalue weighted by Gasteiger charge is -2.32. The number of aliphatic carboxylic acids is 2. The maximum atomic E-state index is 9.55. The van der Waals surface area contributed by atoms with E-state index in [2.05, 4.69) is 29.6 Å². The Bertz CT molecular complexity index is 830. The lowest BCUT2D eigenvalue weighted by atomic mass is 9.89. The van der Waals surface area contributed by atoms with Crippen molar-refractivity contribution in [2.75, 3.05) is 19.7 Å². The van der Waals surface area contributed by atoms with Crippen molar-refractivity contribution in [1.29, 1.82) is 0 Å². The van der Waals surface area contributed by atoms with Crippen molar-refractivity contribution in [1.82, 2.24) is 5.32 Å². The Hall–Kier alpha value is -3.32. The molecule has 0 aromatic heterocycles. The lowest BCUT2D eigenvalue weighted by molar-refractivity contribution is -0.134. The Kier molecular flexibility index (Phi) is 10.1. The molecule has 0 aliphatic carbocycles. The van der Waals surface area contributed by atoms with E-state index in [1.54, 1.807) is 0 Å². The van der Waals surface area contributed by atoms with Crippen LogP contribution in [-0.2, 0) is 9.59 Å². The number of hydrogen-bond acceptors (Lipinski definition) is 5. The van der Waals surface area contributed by atoms with Crippen LogP contribution in [0.1, 0.15) is 31.4 Å². The first-order chi connectivity index (χ1) is 15.0. The lowest BCUT2D eigenvalue weighted by Crippen LogP contribution is -2.35. The zero-order valence-corrected chi connectivity index (χ0v) is 17.6. The van der Waals surface area contributed by atoms with E-state index in [4.69, 9.17) is 19.7 Å². The predicted octanol–water partition coefficient (Wildman–Crippen LogP) is 3.92. The van der Waals surface area contributed by atoms with E-state index >= 15 is 0 Å². The zero-order valence-electron chi connectivity index (χ0n) is 17.6. The van der Waals surface area contributed by atoms with Gasteiger partial charge in [-0.1, -0.05) is 42.5 Å². The molecule has 1 aliphatic heterocycles. The topological polar surface area (TPSA) is 105 Å². The number of ether oxygens (including phenoxy) is 2. The predicted molar refractivity (Wildman–Crippen MR) is 117 cm³/mol. The monoisotopic (exact) mass is 427 g/mol. The normalized spacial score (nSPS) is 16.6. The fourth-order valence-corrected chi connectivity index (χ4v) is 3.32. The first-order valence-corrected chi connectivity index (χ1v) is 10.3. The number of nitrogens with one attached hydrogen (secondary N) is 1. The molecule has 0 amide bonds. The van der Waals surface area contributed by atoms with E-state index in [1.807, 2.05) is 37.3 Å². The summed E-state index contributed by atoms with van der Waals surface area (Å²) in [6.45, 7) is 4.74. The first-order valence-electron chi connectivity index (χ1n) is 10.3. The molecular formula is C24H29NO6. The number of carboxylic acids is 2. The molecule has 0 spiro atoms. The van der Waals surface area contributed by atoms with Crippen molar-refractivity contribution in [3.8, 4) is 11.5 Å². The summed E-state index contributed by atoms with van der Waals surface area (Å²) in [5.41, 5.74) is 1.23. The van der Waals surface area contributed by atoms with Crippen LogP contribution in [0.25, 0.3) is 0 Å². The molecule has 1 fully saturated rings. The average Bonchev–Trinajstić information content (AvgIpc) is 2.79. The number of piperidine rings is 1. The van der Waals surface area contributed by atoms with Gasteiger partial charge < -0.3 is 25.0 Å². The minimum absolute atomic E-state index is 0.0469. The third-order valence-corrected chi connectivity index (χ3v) is 4.66. The molecule has 0 radical (unpaired) electrons. The van der Waals surface area contributed by atoms with Crippen LogP contribution < -0.4 is 14.8 Å². The van der Waals surface area contributed by atoms with Crippen molar-refractivity contribution in [2.45, 2.75) is 25.9 Å². The molecule has 166 valence electrons. The number of carboxylic acid groups (broad SMARTS) is 2. The van der Waals surface area contributed by atoms with Gasteiger partial charge in [0.25, 0.3) is 0 Å². The van der Waals surface area contributed by atoms with Crippen LogP contribution in [0, 0.1) is 5.92 Å². The van der Waals surface area contributed by atoms with E-state index in [0.29, 0.717) is 24.7 Å². The smallest absolute Gasteiger partial charge is 0.328 e. The number of hydrogen-bond donors (Lipinski definition) is 3. The summed E-state index contributed by atoms with van der Waals surface area (Å²) in [5, 5.41) is 19.1. The molecule has 31 heavy (non-hydrogen) atoms. The summed E-state index contributed by atoms with van der Waals surface area (Å²) in [7, 11) is 0. The van der Waals surface area contributed by atoms with Crippen LogP contribution >= 0.6 is 0 Å². The van der Waals surface area contributed by atoms with Gasteiger partial charge in [-0.2, -0.15) is 0 Å². The fourth-order valence-electron chi connectivity index (χ4n) is 3.32. The summed E-state index contributed by atoms with van der Waals surface area (Å²) in [5.74, 6) is -0.394.